The molecule has 0 radical (unpaired) electrons. The van der Waals surface area contributed by atoms with Gasteiger partial charge in [0.2, 0.25) is 11.9 Å². The van der Waals surface area contributed by atoms with Gasteiger partial charge in [-0.2, -0.15) is 4.39 Å². The third-order valence-electron chi connectivity index (χ3n) is 6.46. The monoisotopic (exact) mass is 451 g/mol. The summed E-state index contributed by atoms with van der Waals surface area (Å²) in [6, 6.07) is 5.18. The van der Waals surface area contributed by atoms with Crippen LogP contribution in [0.4, 0.5) is 15.8 Å². The Hall–Kier alpha value is -3.53. The molecule has 5 heterocycles. The summed E-state index contributed by atoms with van der Waals surface area (Å²) in [7, 11) is 1.49. The predicted molar refractivity (Wildman–Crippen MR) is 122 cm³/mol. The molecule has 3 aromatic heterocycles. The zero-order chi connectivity index (χ0) is 23.3. The predicted octanol–water partition coefficient (Wildman–Crippen LogP) is 1.91. The van der Waals surface area contributed by atoms with Crippen molar-refractivity contribution in [1.82, 2.24) is 24.6 Å². The van der Waals surface area contributed by atoms with Gasteiger partial charge in [0.05, 0.1) is 28.5 Å². The fourth-order valence-corrected chi connectivity index (χ4v) is 4.62. The Morgan fingerprint density at radius 3 is 2.70 bits per heavy atom. The van der Waals surface area contributed by atoms with E-state index in [1.807, 2.05) is 24.8 Å². The van der Waals surface area contributed by atoms with Crippen molar-refractivity contribution in [2.24, 2.45) is 0 Å². The summed E-state index contributed by atoms with van der Waals surface area (Å²) < 4.78 is 16.6. The number of amides is 2. The summed E-state index contributed by atoms with van der Waals surface area (Å²) in [5.41, 5.74) is 4.15. The number of piperazine rings is 1. The summed E-state index contributed by atoms with van der Waals surface area (Å²) >= 11 is 0. The first-order chi connectivity index (χ1) is 15.9. The number of hydrogen-bond acceptors (Lipinski definition) is 6. The molecule has 2 aliphatic heterocycles. The molecule has 9 nitrogen and oxygen atoms in total. The SMILES string of the molecule is CNC(=O)c1ccc(N2CCN(Cc3cc4c5c(nc(C)n5c3)C(C)C(=O)N4)CC2)c(F)n1. The van der Waals surface area contributed by atoms with E-state index < -0.39 is 11.9 Å². The summed E-state index contributed by atoms with van der Waals surface area (Å²) in [5.74, 6) is -0.483. The molecule has 0 bridgehead atoms. The number of halogens is 1. The highest BCUT2D eigenvalue weighted by Gasteiger charge is 2.29. The second-order valence-electron chi connectivity index (χ2n) is 8.58. The van der Waals surface area contributed by atoms with Crippen molar-refractivity contribution in [2.45, 2.75) is 26.3 Å². The molecule has 5 rings (SSSR count). The highest BCUT2D eigenvalue weighted by Crippen LogP contribution is 2.34. The Kier molecular flexibility index (Phi) is 5.24. The van der Waals surface area contributed by atoms with Gasteiger partial charge in [-0.25, -0.2) is 9.97 Å². The maximum atomic E-state index is 14.5. The molecule has 0 spiro atoms. The number of imidazole rings is 1. The molecule has 1 fully saturated rings. The quantitative estimate of drug-likeness (QED) is 0.589. The molecule has 0 saturated carbocycles. The third-order valence-corrected chi connectivity index (χ3v) is 6.46. The first kappa shape index (κ1) is 21.3. The van der Waals surface area contributed by atoms with Gasteiger partial charge < -0.3 is 19.9 Å². The number of pyridine rings is 2. The van der Waals surface area contributed by atoms with Gasteiger partial charge in [-0.05, 0) is 37.6 Å². The Labute approximate surface area is 190 Å². The Balaban J connectivity index is 1.30. The van der Waals surface area contributed by atoms with Crippen molar-refractivity contribution < 1.29 is 14.0 Å². The number of carbonyl (C=O) groups is 2. The van der Waals surface area contributed by atoms with E-state index in [0.29, 0.717) is 25.3 Å². The fourth-order valence-electron chi connectivity index (χ4n) is 4.62. The van der Waals surface area contributed by atoms with Gasteiger partial charge in [0.25, 0.3) is 5.91 Å². The van der Waals surface area contributed by atoms with Crippen LogP contribution in [0.25, 0.3) is 5.52 Å². The Morgan fingerprint density at radius 1 is 1.24 bits per heavy atom. The number of aryl methyl sites for hydroxylation is 1. The van der Waals surface area contributed by atoms with Crippen LogP contribution >= 0.6 is 0 Å². The largest absolute Gasteiger partial charge is 0.365 e. The molecule has 10 heteroatoms. The van der Waals surface area contributed by atoms with Crippen molar-refractivity contribution in [2.75, 3.05) is 43.4 Å². The molecule has 2 aliphatic rings. The molecule has 1 saturated heterocycles. The maximum absolute atomic E-state index is 14.5. The summed E-state index contributed by atoms with van der Waals surface area (Å²) in [6.45, 7) is 7.33. The van der Waals surface area contributed by atoms with Crippen LogP contribution in [0.3, 0.4) is 0 Å². The van der Waals surface area contributed by atoms with Crippen LogP contribution in [0, 0.1) is 12.9 Å². The van der Waals surface area contributed by atoms with Crippen LogP contribution in [0.5, 0.6) is 0 Å². The molecule has 0 aliphatic carbocycles. The Bertz CT molecular complexity index is 1260. The number of rotatable bonds is 4. The molecule has 2 amide bonds. The highest BCUT2D eigenvalue weighted by atomic mass is 19.1. The van der Waals surface area contributed by atoms with Gasteiger partial charge >= 0.3 is 0 Å². The average Bonchev–Trinajstić information content (AvgIpc) is 3.14. The molecule has 3 aromatic rings. The topological polar surface area (TPSA) is 94.9 Å². The van der Waals surface area contributed by atoms with Gasteiger partial charge in [-0.15, -0.1) is 0 Å². The normalized spacial score (nSPS) is 18.5. The van der Waals surface area contributed by atoms with E-state index in [1.54, 1.807) is 12.1 Å². The van der Waals surface area contributed by atoms with Crippen LogP contribution in [-0.4, -0.2) is 64.3 Å². The molecule has 33 heavy (non-hydrogen) atoms. The van der Waals surface area contributed by atoms with Crippen molar-refractivity contribution >= 4 is 28.7 Å². The maximum Gasteiger partial charge on any atom is 0.269 e. The summed E-state index contributed by atoms with van der Waals surface area (Å²) in [5, 5.41) is 5.46. The van der Waals surface area contributed by atoms with E-state index in [1.165, 1.54) is 7.05 Å². The molecule has 1 atom stereocenters. The molecule has 1 unspecified atom stereocenters. The second-order valence-corrected chi connectivity index (χ2v) is 8.58. The summed E-state index contributed by atoms with van der Waals surface area (Å²) in [6.07, 6.45) is 2.09. The first-order valence-corrected chi connectivity index (χ1v) is 11.0. The average molecular weight is 452 g/mol. The minimum atomic E-state index is -0.634. The van der Waals surface area contributed by atoms with Crippen molar-refractivity contribution in [3.05, 3.63) is 53.1 Å². The molecule has 0 aromatic carbocycles. The number of nitrogens with one attached hydrogen (secondary N) is 2. The van der Waals surface area contributed by atoms with Gasteiger partial charge in [0, 0.05) is 46.0 Å². The van der Waals surface area contributed by atoms with Crippen molar-refractivity contribution in [3.63, 3.8) is 0 Å². The van der Waals surface area contributed by atoms with Crippen LogP contribution < -0.4 is 15.5 Å². The van der Waals surface area contributed by atoms with E-state index in [2.05, 4.69) is 36.1 Å². The number of carbonyl (C=O) groups excluding carboxylic acids is 2. The zero-order valence-corrected chi connectivity index (χ0v) is 18.9. The molecule has 2 N–H and O–H groups in total. The van der Waals surface area contributed by atoms with E-state index in [-0.39, 0.29) is 17.5 Å². The number of hydrogen-bond donors (Lipinski definition) is 2. The van der Waals surface area contributed by atoms with Crippen molar-refractivity contribution in [3.8, 4) is 0 Å². The number of anilines is 2. The minimum absolute atomic E-state index is 0.0358. The fraction of sp³-hybridized carbons (Fsp3) is 0.391. The number of nitrogens with zero attached hydrogens (tertiary/aromatic N) is 5. The van der Waals surface area contributed by atoms with Gasteiger partial charge in [0.15, 0.2) is 0 Å². The smallest absolute Gasteiger partial charge is 0.269 e. The second kappa shape index (κ2) is 8.11. The molecular weight excluding hydrogens is 425 g/mol. The van der Waals surface area contributed by atoms with E-state index in [4.69, 9.17) is 0 Å². The Morgan fingerprint density at radius 2 is 2.00 bits per heavy atom. The standard InChI is InChI=1S/C23H26FN7O2/c1-13-19-20-17(28-22(13)32)10-15(12-31(20)14(2)26-19)11-29-6-8-30(9-7-29)18-5-4-16(23(33)25-3)27-21(18)24/h4-5,10,12-13H,6-9,11H2,1-3H3,(H,25,33)(H,28,32). The lowest BCUT2D eigenvalue weighted by Crippen LogP contribution is -2.46. The number of aromatic nitrogens is 3. The zero-order valence-electron chi connectivity index (χ0n) is 18.9. The van der Waals surface area contributed by atoms with E-state index in [0.717, 1.165) is 41.4 Å². The van der Waals surface area contributed by atoms with Crippen LogP contribution in [0.1, 0.15) is 40.4 Å². The minimum Gasteiger partial charge on any atom is -0.365 e. The van der Waals surface area contributed by atoms with E-state index in [9.17, 15) is 14.0 Å². The van der Waals surface area contributed by atoms with E-state index >= 15 is 0 Å². The lowest BCUT2D eigenvalue weighted by molar-refractivity contribution is -0.117. The summed E-state index contributed by atoms with van der Waals surface area (Å²) in [4.78, 5) is 36.7. The molecular formula is C23H26FN7O2. The van der Waals surface area contributed by atoms with Gasteiger partial charge in [0.1, 0.15) is 11.5 Å². The van der Waals surface area contributed by atoms with Gasteiger partial charge in [-0.3, -0.25) is 14.5 Å². The molecule has 172 valence electrons. The highest BCUT2D eigenvalue weighted by molar-refractivity contribution is 6.04. The lowest BCUT2D eigenvalue weighted by atomic mass is 10.0. The lowest BCUT2D eigenvalue weighted by Gasteiger charge is -2.36. The van der Waals surface area contributed by atoms with Crippen molar-refractivity contribution in [1.29, 1.82) is 0 Å². The first-order valence-electron chi connectivity index (χ1n) is 11.0. The van der Waals surface area contributed by atoms with Gasteiger partial charge in [-0.1, -0.05) is 0 Å². The van der Waals surface area contributed by atoms with Crippen LogP contribution in [0.2, 0.25) is 0 Å². The van der Waals surface area contributed by atoms with Crippen LogP contribution in [0.15, 0.2) is 24.4 Å². The van der Waals surface area contributed by atoms with Crippen LogP contribution in [-0.2, 0) is 11.3 Å². The third kappa shape index (κ3) is 3.70.